The highest BCUT2D eigenvalue weighted by Gasteiger charge is 2.22. The number of fused-ring (bicyclic) bond motifs is 6. The van der Waals surface area contributed by atoms with Gasteiger partial charge < -0.3 is 8.83 Å². The first-order chi connectivity index (χ1) is 21.8. The predicted molar refractivity (Wildman–Crippen MR) is 183 cm³/mol. The van der Waals surface area contributed by atoms with Crippen LogP contribution in [0.1, 0.15) is 0 Å². The first-order valence-electron chi connectivity index (χ1n) is 14.9. The maximum absolute atomic E-state index is 6.66. The zero-order valence-corrected chi connectivity index (χ0v) is 23.8. The number of para-hydroxylation sites is 1. The van der Waals surface area contributed by atoms with E-state index in [-0.39, 0.29) is 0 Å². The van der Waals surface area contributed by atoms with Gasteiger partial charge in [0.25, 0.3) is 0 Å². The summed E-state index contributed by atoms with van der Waals surface area (Å²) < 4.78 is 12.8. The lowest BCUT2D eigenvalue weighted by Gasteiger charge is -2.18. The highest BCUT2D eigenvalue weighted by molar-refractivity contribution is 6.19. The third-order valence-corrected chi connectivity index (χ3v) is 8.68. The van der Waals surface area contributed by atoms with Gasteiger partial charge in [-0.15, -0.1) is 0 Å². The summed E-state index contributed by atoms with van der Waals surface area (Å²) in [5.41, 5.74) is 12.9. The molecule has 0 saturated carbocycles. The summed E-state index contributed by atoms with van der Waals surface area (Å²) in [5.74, 6) is 0. The molecular formula is C42H26O2. The fraction of sp³-hybridized carbons (Fsp3) is 0. The van der Waals surface area contributed by atoms with Crippen LogP contribution < -0.4 is 0 Å². The molecule has 2 heteroatoms. The largest absolute Gasteiger partial charge is 0.456 e. The van der Waals surface area contributed by atoms with Crippen LogP contribution in [-0.4, -0.2) is 0 Å². The van der Waals surface area contributed by atoms with Gasteiger partial charge in [-0.25, -0.2) is 0 Å². The van der Waals surface area contributed by atoms with Crippen molar-refractivity contribution in [2.45, 2.75) is 0 Å². The highest BCUT2D eigenvalue weighted by Crippen LogP contribution is 2.48. The quantitative estimate of drug-likeness (QED) is 0.213. The Balaban J connectivity index is 1.37. The van der Waals surface area contributed by atoms with Gasteiger partial charge >= 0.3 is 0 Å². The Bertz CT molecular complexity index is 2470. The van der Waals surface area contributed by atoms with Gasteiger partial charge in [0, 0.05) is 27.1 Å². The van der Waals surface area contributed by atoms with Crippen molar-refractivity contribution in [2.75, 3.05) is 0 Å². The maximum atomic E-state index is 6.66. The van der Waals surface area contributed by atoms with Crippen molar-refractivity contribution in [2.24, 2.45) is 0 Å². The van der Waals surface area contributed by atoms with Crippen molar-refractivity contribution >= 4 is 43.9 Å². The minimum atomic E-state index is 0.875. The minimum Gasteiger partial charge on any atom is -0.456 e. The van der Waals surface area contributed by atoms with Crippen LogP contribution in [0.4, 0.5) is 0 Å². The van der Waals surface area contributed by atoms with Gasteiger partial charge in [0.1, 0.15) is 22.3 Å². The Hall–Kier alpha value is -5.86. The SMILES string of the molecule is c1ccc(-c2cc3oc4ccc(-c5ccc6oc7ccccc7c6c5)cc4c3c(-c3ccccc3)c2-c2ccccc2)cc1. The third-order valence-electron chi connectivity index (χ3n) is 8.68. The number of furan rings is 2. The number of benzene rings is 7. The van der Waals surface area contributed by atoms with Crippen molar-refractivity contribution in [3.63, 3.8) is 0 Å². The zero-order chi connectivity index (χ0) is 29.0. The molecule has 0 amide bonds. The third kappa shape index (κ3) is 3.89. The topological polar surface area (TPSA) is 26.3 Å². The average molecular weight is 563 g/mol. The van der Waals surface area contributed by atoms with Crippen molar-refractivity contribution < 1.29 is 8.83 Å². The van der Waals surface area contributed by atoms with E-state index in [1.54, 1.807) is 0 Å². The minimum absolute atomic E-state index is 0.875. The van der Waals surface area contributed by atoms with Gasteiger partial charge in [-0.2, -0.15) is 0 Å². The molecule has 0 spiro atoms. The van der Waals surface area contributed by atoms with Gasteiger partial charge in [-0.3, -0.25) is 0 Å². The van der Waals surface area contributed by atoms with Crippen LogP contribution >= 0.6 is 0 Å². The molecule has 0 bridgehead atoms. The van der Waals surface area contributed by atoms with Crippen LogP contribution in [-0.2, 0) is 0 Å². The molecule has 0 unspecified atom stereocenters. The van der Waals surface area contributed by atoms with E-state index in [0.29, 0.717) is 0 Å². The first-order valence-corrected chi connectivity index (χ1v) is 14.9. The zero-order valence-electron chi connectivity index (χ0n) is 23.8. The summed E-state index contributed by atoms with van der Waals surface area (Å²) in [6.45, 7) is 0. The van der Waals surface area contributed by atoms with E-state index in [0.717, 1.165) is 71.7 Å². The Morgan fingerprint density at radius 2 is 0.795 bits per heavy atom. The summed E-state index contributed by atoms with van der Waals surface area (Å²) in [4.78, 5) is 0. The van der Waals surface area contributed by atoms with E-state index < -0.39 is 0 Å². The van der Waals surface area contributed by atoms with Gasteiger partial charge in [-0.1, -0.05) is 121 Å². The fourth-order valence-corrected chi connectivity index (χ4v) is 6.67. The molecule has 44 heavy (non-hydrogen) atoms. The van der Waals surface area contributed by atoms with E-state index in [2.05, 4.69) is 146 Å². The standard InChI is InChI=1S/C42H26O2/c1-4-12-27(13-5-1)33-26-39-42(41(29-16-8-3-9-17-29)40(33)28-14-6-2-7-15-28)35-25-31(21-23-38(35)44-39)30-20-22-37-34(24-30)32-18-10-11-19-36(32)43-37/h1-26H. The molecular weight excluding hydrogens is 536 g/mol. The van der Waals surface area contributed by atoms with E-state index in [1.807, 2.05) is 12.1 Å². The van der Waals surface area contributed by atoms with E-state index in [1.165, 1.54) is 16.7 Å². The average Bonchev–Trinajstić information content (AvgIpc) is 3.66. The molecule has 0 atom stereocenters. The van der Waals surface area contributed by atoms with Crippen molar-refractivity contribution in [1.29, 1.82) is 0 Å². The number of rotatable bonds is 4. The monoisotopic (exact) mass is 562 g/mol. The van der Waals surface area contributed by atoms with Crippen molar-refractivity contribution in [3.05, 3.63) is 158 Å². The molecule has 2 aromatic heterocycles. The molecule has 0 saturated heterocycles. The molecule has 7 aromatic carbocycles. The van der Waals surface area contributed by atoms with Gasteiger partial charge in [0.15, 0.2) is 0 Å². The summed E-state index contributed by atoms with van der Waals surface area (Å²) in [6, 6.07) is 55.5. The van der Waals surface area contributed by atoms with Gasteiger partial charge in [0.2, 0.25) is 0 Å². The first kappa shape index (κ1) is 24.7. The molecule has 0 aliphatic rings. The van der Waals surface area contributed by atoms with Crippen LogP contribution in [0.2, 0.25) is 0 Å². The van der Waals surface area contributed by atoms with E-state index in [9.17, 15) is 0 Å². The lowest BCUT2D eigenvalue weighted by Crippen LogP contribution is -1.92. The fourth-order valence-electron chi connectivity index (χ4n) is 6.67. The van der Waals surface area contributed by atoms with Gasteiger partial charge in [-0.05, 0) is 75.3 Å². The molecule has 2 nitrogen and oxygen atoms in total. The second kappa shape index (κ2) is 9.86. The molecule has 9 rings (SSSR count). The molecule has 0 aliphatic heterocycles. The summed E-state index contributed by atoms with van der Waals surface area (Å²) in [5, 5.41) is 4.48. The van der Waals surface area contributed by atoms with Crippen LogP contribution in [0.5, 0.6) is 0 Å². The number of hydrogen-bond acceptors (Lipinski definition) is 2. The van der Waals surface area contributed by atoms with Crippen LogP contribution in [0.15, 0.2) is 167 Å². The Kier molecular flexibility index (Phi) is 5.54. The highest BCUT2D eigenvalue weighted by atomic mass is 16.3. The van der Waals surface area contributed by atoms with Crippen LogP contribution in [0.25, 0.3) is 88.4 Å². The van der Waals surface area contributed by atoms with E-state index in [4.69, 9.17) is 8.83 Å². The lowest BCUT2D eigenvalue weighted by atomic mass is 9.85. The van der Waals surface area contributed by atoms with Crippen molar-refractivity contribution in [1.82, 2.24) is 0 Å². The summed E-state index contributed by atoms with van der Waals surface area (Å²) in [7, 11) is 0. The molecule has 2 heterocycles. The second-order valence-corrected chi connectivity index (χ2v) is 11.3. The predicted octanol–water partition coefficient (Wildman–Crippen LogP) is 12.2. The van der Waals surface area contributed by atoms with Crippen LogP contribution in [0.3, 0.4) is 0 Å². The maximum Gasteiger partial charge on any atom is 0.136 e. The Morgan fingerprint density at radius 1 is 0.295 bits per heavy atom. The van der Waals surface area contributed by atoms with Gasteiger partial charge in [0.05, 0.1) is 0 Å². The smallest absolute Gasteiger partial charge is 0.136 e. The number of hydrogen-bond donors (Lipinski definition) is 0. The normalized spacial score (nSPS) is 11.6. The molecule has 0 radical (unpaired) electrons. The Morgan fingerprint density at radius 3 is 1.48 bits per heavy atom. The van der Waals surface area contributed by atoms with Crippen LogP contribution in [0, 0.1) is 0 Å². The molecule has 9 aromatic rings. The molecule has 0 aliphatic carbocycles. The van der Waals surface area contributed by atoms with E-state index >= 15 is 0 Å². The molecule has 206 valence electrons. The molecule has 0 N–H and O–H groups in total. The summed E-state index contributed by atoms with van der Waals surface area (Å²) >= 11 is 0. The second-order valence-electron chi connectivity index (χ2n) is 11.3. The summed E-state index contributed by atoms with van der Waals surface area (Å²) in [6.07, 6.45) is 0. The lowest BCUT2D eigenvalue weighted by molar-refractivity contribution is 0.668. The Labute approximate surface area is 254 Å². The molecule has 0 fully saturated rings. The van der Waals surface area contributed by atoms with Crippen molar-refractivity contribution in [3.8, 4) is 44.5 Å².